The molecule has 0 spiro atoms. The summed E-state index contributed by atoms with van der Waals surface area (Å²) >= 11 is 1.84. The van der Waals surface area contributed by atoms with Crippen LogP contribution in [0.25, 0.3) is 5.00 Å². The number of thiophene rings is 1. The summed E-state index contributed by atoms with van der Waals surface area (Å²) < 4.78 is 12.7. The van der Waals surface area contributed by atoms with Crippen LogP contribution in [0.3, 0.4) is 0 Å². The number of carbonyl (C=O) groups excluding carboxylic acids is 1. The second-order valence-corrected chi connectivity index (χ2v) is 8.04. The van der Waals surface area contributed by atoms with Crippen LogP contribution in [-0.4, -0.2) is 24.8 Å². The third kappa shape index (κ3) is 4.10. The van der Waals surface area contributed by atoms with E-state index >= 15 is 0 Å². The molecule has 7 heteroatoms. The molecule has 0 bridgehead atoms. The Morgan fingerprint density at radius 1 is 1.14 bits per heavy atom. The van der Waals surface area contributed by atoms with Gasteiger partial charge in [-0.3, -0.25) is 0 Å². The van der Waals surface area contributed by atoms with E-state index in [0.717, 1.165) is 12.8 Å². The maximum Gasteiger partial charge on any atom is 0.319 e. The van der Waals surface area contributed by atoms with Crippen molar-refractivity contribution in [1.82, 2.24) is 9.88 Å². The van der Waals surface area contributed by atoms with Crippen molar-refractivity contribution in [3.63, 3.8) is 0 Å². The Balaban J connectivity index is 1.52. The molecule has 0 saturated carbocycles. The number of urea groups is 1. The van der Waals surface area contributed by atoms with Crippen molar-refractivity contribution >= 4 is 23.1 Å². The number of aryl methyl sites for hydroxylation is 1. The Morgan fingerprint density at radius 2 is 1.93 bits per heavy atom. The number of fused-ring (bicyclic) bond motifs is 1. The molecule has 0 aliphatic heterocycles. The van der Waals surface area contributed by atoms with Crippen LogP contribution in [0.5, 0.6) is 11.5 Å². The van der Waals surface area contributed by atoms with Crippen LogP contribution in [0.1, 0.15) is 28.8 Å². The zero-order valence-electron chi connectivity index (χ0n) is 16.7. The summed E-state index contributed by atoms with van der Waals surface area (Å²) in [5.74, 6) is 1.24. The number of methoxy groups -OCH3 is 2. The molecule has 4 rings (SSSR count). The number of amides is 2. The van der Waals surface area contributed by atoms with E-state index in [0.29, 0.717) is 23.7 Å². The van der Waals surface area contributed by atoms with Gasteiger partial charge in [0.15, 0.2) is 0 Å². The highest BCUT2D eigenvalue weighted by Crippen LogP contribution is 2.37. The molecule has 2 heterocycles. The molecule has 0 atom stereocenters. The molecule has 1 aliphatic carbocycles. The highest BCUT2D eigenvalue weighted by atomic mass is 32.1. The molecule has 6 nitrogen and oxygen atoms in total. The van der Waals surface area contributed by atoms with E-state index in [-0.39, 0.29) is 6.03 Å². The fraction of sp³-hybridized carbons (Fsp3) is 0.318. The van der Waals surface area contributed by atoms with E-state index < -0.39 is 0 Å². The lowest BCUT2D eigenvalue weighted by atomic mass is 9.95. The van der Waals surface area contributed by atoms with E-state index in [9.17, 15) is 4.79 Å². The van der Waals surface area contributed by atoms with Gasteiger partial charge in [-0.2, -0.15) is 0 Å². The first-order valence-corrected chi connectivity index (χ1v) is 10.5. The number of nitrogens with zero attached hydrogens (tertiary/aromatic N) is 1. The lowest BCUT2D eigenvalue weighted by Crippen LogP contribution is -2.29. The molecule has 1 aromatic carbocycles. The zero-order valence-corrected chi connectivity index (χ0v) is 17.5. The van der Waals surface area contributed by atoms with Gasteiger partial charge in [0.2, 0.25) is 0 Å². The van der Waals surface area contributed by atoms with Gasteiger partial charge < -0.3 is 24.7 Å². The van der Waals surface area contributed by atoms with Gasteiger partial charge >= 0.3 is 6.03 Å². The molecule has 3 aromatic rings. The first-order valence-electron chi connectivity index (χ1n) is 9.73. The normalized spacial score (nSPS) is 12.9. The predicted molar refractivity (Wildman–Crippen MR) is 116 cm³/mol. The Morgan fingerprint density at radius 3 is 2.69 bits per heavy atom. The number of hydrogen-bond donors (Lipinski definition) is 2. The molecule has 2 aromatic heterocycles. The van der Waals surface area contributed by atoms with Crippen molar-refractivity contribution < 1.29 is 14.3 Å². The van der Waals surface area contributed by atoms with E-state index in [1.54, 1.807) is 32.4 Å². The Labute approximate surface area is 174 Å². The summed E-state index contributed by atoms with van der Waals surface area (Å²) in [6.45, 7) is 0.484. The molecule has 1 aliphatic rings. The number of carbonyl (C=O) groups is 1. The lowest BCUT2D eigenvalue weighted by Gasteiger charge is -2.15. The average molecular weight is 412 g/mol. The minimum absolute atomic E-state index is 0.272. The topological polar surface area (TPSA) is 64.5 Å². The van der Waals surface area contributed by atoms with Crippen LogP contribution >= 0.6 is 11.3 Å². The maximum atomic E-state index is 12.6. The summed E-state index contributed by atoms with van der Waals surface area (Å²) in [7, 11) is 3.17. The summed E-state index contributed by atoms with van der Waals surface area (Å²) in [5.41, 5.74) is 3.19. The highest BCUT2D eigenvalue weighted by molar-refractivity contribution is 7.14. The van der Waals surface area contributed by atoms with E-state index in [1.165, 1.54) is 33.8 Å². The quantitative estimate of drug-likeness (QED) is 0.615. The van der Waals surface area contributed by atoms with Gasteiger partial charge in [0.1, 0.15) is 16.5 Å². The van der Waals surface area contributed by atoms with E-state index in [1.807, 2.05) is 23.5 Å². The number of benzene rings is 1. The van der Waals surface area contributed by atoms with Crippen LogP contribution in [0.2, 0.25) is 0 Å². The summed E-state index contributed by atoms with van der Waals surface area (Å²) in [5, 5.41) is 7.09. The second-order valence-electron chi connectivity index (χ2n) is 6.96. The number of hydrogen-bond acceptors (Lipinski definition) is 4. The number of anilines is 1. The van der Waals surface area contributed by atoms with Crippen LogP contribution < -0.4 is 20.1 Å². The zero-order chi connectivity index (χ0) is 20.2. The predicted octanol–water partition coefficient (Wildman–Crippen LogP) is 4.76. The SMILES string of the molecule is COc1ccc(OC)c(NC(=O)NCc2c(-n3cccc3)sc3c2CCCC3)c1. The number of rotatable bonds is 6. The molecule has 0 radical (unpaired) electrons. The minimum Gasteiger partial charge on any atom is -0.497 e. The fourth-order valence-electron chi connectivity index (χ4n) is 3.72. The molecule has 0 unspecified atom stereocenters. The Hall–Kier alpha value is -2.93. The minimum atomic E-state index is -0.272. The van der Waals surface area contributed by atoms with Gasteiger partial charge in [-0.15, -0.1) is 11.3 Å². The number of aromatic nitrogens is 1. The second kappa shape index (κ2) is 8.61. The Kier molecular flexibility index (Phi) is 5.76. The van der Waals surface area contributed by atoms with Crippen molar-refractivity contribution in [1.29, 1.82) is 0 Å². The van der Waals surface area contributed by atoms with Gasteiger partial charge in [-0.25, -0.2) is 4.79 Å². The molecule has 29 heavy (non-hydrogen) atoms. The summed E-state index contributed by atoms with van der Waals surface area (Å²) in [4.78, 5) is 14.1. The van der Waals surface area contributed by atoms with Gasteiger partial charge in [0, 0.05) is 35.4 Å². The molecule has 2 N–H and O–H groups in total. The van der Waals surface area contributed by atoms with Crippen LogP contribution in [-0.2, 0) is 19.4 Å². The first-order chi connectivity index (χ1) is 14.2. The third-order valence-corrected chi connectivity index (χ3v) is 6.53. The number of ether oxygens (including phenoxy) is 2. The average Bonchev–Trinajstić information content (AvgIpc) is 3.40. The Bertz CT molecular complexity index is 995. The van der Waals surface area contributed by atoms with Crippen LogP contribution in [0.4, 0.5) is 10.5 Å². The molecule has 0 saturated heterocycles. The largest absolute Gasteiger partial charge is 0.497 e. The van der Waals surface area contributed by atoms with E-state index in [2.05, 4.69) is 27.6 Å². The van der Waals surface area contributed by atoms with Crippen molar-refractivity contribution in [2.24, 2.45) is 0 Å². The molecular weight excluding hydrogens is 386 g/mol. The monoisotopic (exact) mass is 411 g/mol. The molecule has 2 amide bonds. The standard InChI is InChI=1S/C22H25N3O3S/c1-27-15-9-10-19(28-2)18(13-15)24-22(26)23-14-17-16-7-3-4-8-20(16)29-21(17)25-11-5-6-12-25/h5-6,9-13H,3-4,7-8,14H2,1-2H3,(H2,23,24,26). The molecule has 152 valence electrons. The van der Waals surface area contributed by atoms with E-state index in [4.69, 9.17) is 9.47 Å². The number of nitrogens with one attached hydrogen (secondary N) is 2. The van der Waals surface area contributed by atoms with Crippen molar-refractivity contribution in [3.8, 4) is 16.5 Å². The highest BCUT2D eigenvalue weighted by Gasteiger charge is 2.22. The van der Waals surface area contributed by atoms with Crippen molar-refractivity contribution in [2.75, 3.05) is 19.5 Å². The van der Waals surface area contributed by atoms with Gasteiger partial charge in [-0.05, 0) is 55.5 Å². The van der Waals surface area contributed by atoms with Crippen molar-refractivity contribution in [3.05, 3.63) is 58.7 Å². The third-order valence-electron chi connectivity index (χ3n) is 5.18. The van der Waals surface area contributed by atoms with Crippen LogP contribution in [0.15, 0.2) is 42.7 Å². The first kappa shape index (κ1) is 19.4. The fourth-order valence-corrected chi connectivity index (χ4v) is 5.10. The molecular formula is C22H25N3O3S. The lowest BCUT2D eigenvalue weighted by molar-refractivity contribution is 0.251. The maximum absolute atomic E-state index is 12.6. The smallest absolute Gasteiger partial charge is 0.319 e. The summed E-state index contributed by atoms with van der Waals surface area (Å²) in [6, 6.07) is 9.09. The van der Waals surface area contributed by atoms with Gasteiger partial charge in [0.05, 0.1) is 19.9 Å². The molecule has 0 fully saturated rings. The summed E-state index contributed by atoms with van der Waals surface area (Å²) in [6.07, 6.45) is 8.76. The van der Waals surface area contributed by atoms with Gasteiger partial charge in [0.25, 0.3) is 0 Å². The van der Waals surface area contributed by atoms with Gasteiger partial charge in [-0.1, -0.05) is 0 Å². The van der Waals surface area contributed by atoms with Crippen LogP contribution in [0, 0.1) is 0 Å². The van der Waals surface area contributed by atoms with Crippen molar-refractivity contribution in [2.45, 2.75) is 32.2 Å².